The van der Waals surface area contributed by atoms with Gasteiger partial charge in [0.25, 0.3) is 5.91 Å². The van der Waals surface area contributed by atoms with Crippen molar-refractivity contribution in [2.75, 3.05) is 0 Å². The molecule has 118 valence electrons. The number of halogens is 2. The van der Waals surface area contributed by atoms with E-state index in [0.29, 0.717) is 27.1 Å². The molecule has 0 unspecified atom stereocenters. The molecule has 1 fully saturated rings. The molecular weight excluding hydrogens is 321 g/mol. The van der Waals surface area contributed by atoms with E-state index in [0.717, 1.165) is 12.8 Å². The third-order valence-electron chi connectivity index (χ3n) is 4.22. The van der Waals surface area contributed by atoms with E-state index >= 15 is 0 Å². The maximum absolute atomic E-state index is 12.7. The summed E-state index contributed by atoms with van der Waals surface area (Å²) in [6, 6.07) is 1.88. The number of pyridine rings is 1. The molecule has 1 aliphatic rings. The molecule has 1 saturated carbocycles. The van der Waals surface area contributed by atoms with Crippen LogP contribution in [-0.2, 0) is 0 Å². The number of carbonyl (C=O) groups is 1. The van der Waals surface area contributed by atoms with Gasteiger partial charge < -0.3 is 5.32 Å². The van der Waals surface area contributed by atoms with E-state index in [1.54, 1.807) is 16.7 Å². The molecule has 0 radical (unpaired) electrons. The summed E-state index contributed by atoms with van der Waals surface area (Å²) in [6.07, 6.45) is 8.64. The molecule has 1 amide bonds. The number of imidazole rings is 1. The number of aryl methyl sites for hydroxylation is 1. The average Bonchev–Trinajstić information content (AvgIpc) is 2.62. The van der Waals surface area contributed by atoms with Crippen molar-refractivity contribution in [2.45, 2.75) is 51.5 Å². The van der Waals surface area contributed by atoms with Crippen molar-refractivity contribution in [3.8, 4) is 0 Å². The van der Waals surface area contributed by atoms with Crippen molar-refractivity contribution >= 4 is 34.8 Å². The van der Waals surface area contributed by atoms with Crippen LogP contribution in [-0.4, -0.2) is 21.3 Å². The zero-order valence-corrected chi connectivity index (χ0v) is 14.0. The molecule has 2 aromatic rings. The first kappa shape index (κ1) is 15.6. The van der Waals surface area contributed by atoms with Gasteiger partial charge in [-0.25, -0.2) is 4.98 Å². The molecule has 2 heterocycles. The summed E-state index contributed by atoms with van der Waals surface area (Å²) in [7, 11) is 0. The van der Waals surface area contributed by atoms with Gasteiger partial charge in [-0.15, -0.1) is 0 Å². The molecule has 1 N–H and O–H groups in total. The standard InChI is InChI=1S/C16H19Cl2N3O/c1-10-14(16(22)20-12-6-4-2-3-5-7-12)21-9-11(17)8-13(18)15(21)19-10/h8-9,12H,2-7H2,1H3,(H,20,22). The van der Waals surface area contributed by atoms with Crippen LogP contribution < -0.4 is 5.32 Å². The minimum absolute atomic E-state index is 0.102. The minimum atomic E-state index is -0.102. The highest BCUT2D eigenvalue weighted by Crippen LogP contribution is 2.25. The first-order valence-electron chi connectivity index (χ1n) is 7.71. The van der Waals surface area contributed by atoms with E-state index in [-0.39, 0.29) is 11.9 Å². The number of fused-ring (bicyclic) bond motifs is 1. The normalized spacial score (nSPS) is 16.7. The predicted octanol–water partition coefficient (Wildman–Crippen LogP) is 4.40. The SMILES string of the molecule is Cc1nc2c(Cl)cc(Cl)cn2c1C(=O)NC1CCCCCC1. The highest BCUT2D eigenvalue weighted by atomic mass is 35.5. The molecule has 4 nitrogen and oxygen atoms in total. The number of hydrogen-bond donors (Lipinski definition) is 1. The van der Waals surface area contributed by atoms with Gasteiger partial charge in [-0.1, -0.05) is 48.9 Å². The van der Waals surface area contributed by atoms with E-state index in [4.69, 9.17) is 23.2 Å². The van der Waals surface area contributed by atoms with Crippen molar-refractivity contribution < 1.29 is 4.79 Å². The molecule has 6 heteroatoms. The lowest BCUT2D eigenvalue weighted by atomic mass is 10.1. The van der Waals surface area contributed by atoms with Gasteiger partial charge >= 0.3 is 0 Å². The average molecular weight is 340 g/mol. The largest absolute Gasteiger partial charge is 0.348 e. The Bertz CT molecular complexity index is 703. The Hall–Kier alpha value is -1.26. The summed E-state index contributed by atoms with van der Waals surface area (Å²) in [4.78, 5) is 17.1. The number of carbonyl (C=O) groups excluding carboxylic acids is 1. The third-order valence-corrected chi connectivity index (χ3v) is 4.71. The van der Waals surface area contributed by atoms with Crippen molar-refractivity contribution in [3.63, 3.8) is 0 Å². The molecule has 0 aromatic carbocycles. The first-order chi connectivity index (χ1) is 10.6. The summed E-state index contributed by atoms with van der Waals surface area (Å²) in [6.45, 7) is 1.82. The summed E-state index contributed by atoms with van der Waals surface area (Å²) in [5.41, 5.74) is 1.74. The second-order valence-electron chi connectivity index (χ2n) is 5.91. The van der Waals surface area contributed by atoms with Crippen LogP contribution in [0, 0.1) is 6.92 Å². The van der Waals surface area contributed by atoms with Gasteiger partial charge in [0.15, 0.2) is 5.65 Å². The highest BCUT2D eigenvalue weighted by molar-refractivity contribution is 6.36. The lowest BCUT2D eigenvalue weighted by Gasteiger charge is -2.16. The predicted molar refractivity (Wildman–Crippen MR) is 88.9 cm³/mol. The number of nitrogens with zero attached hydrogens (tertiary/aromatic N) is 2. The van der Waals surface area contributed by atoms with E-state index in [1.165, 1.54) is 25.7 Å². The smallest absolute Gasteiger partial charge is 0.270 e. The zero-order chi connectivity index (χ0) is 15.7. The van der Waals surface area contributed by atoms with E-state index in [2.05, 4.69) is 10.3 Å². The van der Waals surface area contributed by atoms with Gasteiger partial charge in [-0.2, -0.15) is 0 Å². The van der Waals surface area contributed by atoms with Crippen LogP contribution in [0.4, 0.5) is 0 Å². The van der Waals surface area contributed by atoms with Gasteiger partial charge in [-0.3, -0.25) is 9.20 Å². The Morgan fingerprint density at radius 2 is 1.95 bits per heavy atom. The molecule has 3 rings (SSSR count). The van der Waals surface area contributed by atoms with Crippen LogP contribution in [0.25, 0.3) is 5.65 Å². The maximum atomic E-state index is 12.7. The second kappa shape index (κ2) is 6.47. The highest BCUT2D eigenvalue weighted by Gasteiger charge is 2.22. The Labute approximate surface area is 139 Å². The third kappa shape index (κ3) is 3.08. The fraction of sp³-hybridized carbons (Fsp3) is 0.500. The molecule has 0 aliphatic heterocycles. The Balaban J connectivity index is 1.91. The summed E-state index contributed by atoms with van der Waals surface area (Å²) in [5, 5.41) is 4.08. The molecule has 0 spiro atoms. The second-order valence-corrected chi connectivity index (χ2v) is 6.75. The molecule has 0 bridgehead atoms. The van der Waals surface area contributed by atoms with E-state index in [9.17, 15) is 4.79 Å². The number of rotatable bonds is 2. The Morgan fingerprint density at radius 3 is 2.64 bits per heavy atom. The van der Waals surface area contributed by atoms with Gasteiger partial charge in [0.05, 0.1) is 15.7 Å². The number of nitrogens with one attached hydrogen (secondary N) is 1. The van der Waals surface area contributed by atoms with Gasteiger partial charge in [0.2, 0.25) is 0 Å². The van der Waals surface area contributed by atoms with Gasteiger partial charge in [-0.05, 0) is 25.8 Å². The van der Waals surface area contributed by atoms with Crippen LogP contribution in [0.3, 0.4) is 0 Å². The van der Waals surface area contributed by atoms with Crippen molar-refractivity contribution in [2.24, 2.45) is 0 Å². The maximum Gasteiger partial charge on any atom is 0.270 e. The zero-order valence-electron chi connectivity index (χ0n) is 12.5. The lowest BCUT2D eigenvalue weighted by molar-refractivity contribution is 0.0926. The number of amides is 1. The lowest BCUT2D eigenvalue weighted by Crippen LogP contribution is -2.35. The Morgan fingerprint density at radius 1 is 1.27 bits per heavy atom. The summed E-state index contributed by atoms with van der Waals surface area (Å²) < 4.78 is 1.69. The minimum Gasteiger partial charge on any atom is -0.348 e. The first-order valence-corrected chi connectivity index (χ1v) is 8.46. The molecule has 0 saturated heterocycles. The van der Waals surface area contributed by atoms with E-state index < -0.39 is 0 Å². The van der Waals surface area contributed by atoms with Crippen LogP contribution >= 0.6 is 23.2 Å². The van der Waals surface area contributed by atoms with Crippen LogP contribution in [0.5, 0.6) is 0 Å². The molecular formula is C16H19Cl2N3O. The fourth-order valence-electron chi connectivity index (χ4n) is 3.14. The summed E-state index contributed by atoms with van der Waals surface area (Å²) in [5.74, 6) is -0.102. The monoisotopic (exact) mass is 339 g/mol. The van der Waals surface area contributed by atoms with Gasteiger partial charge in [0.1, 0.15) is 5.69 Å². The quantitative estimate of drug-likeness (QED) is 0.824. The molecule has 1 aliphatic carbocycles. The number of hydrogen-bond acceptors (Lipinski definition) is 2. The fourth-order valence-corrected chi connectivity index (χ4v) is 3.65. The van der Waals surface area contributed by atoms with Crippen LogP contribution in [0.1, 0.15) is 54.7 Å². The van der Waals surface area contributed by atoms with Crippen molar-refractivity contribution in [3.05, 3.63) is 33.7 Å². The number of aromatic nitrogens is 2. The molecule has 2 aromatic heterocycles. The van der Waals surface area contributed by atoms with E-state index in [1.807, 2.05) is 6.92 Å². The van der Waals surface area contributed by atoms with Crippen molar-refractivity contribution in [1.82, 2.24) is 14.7 Å². The van der Waals surface area contributed by atoms with Gasteiger partial charge in [0, 0.05) is 12.2 Å². The summed E-state index contributed by atoms with van der Waals surface area (Å²) >= 11 is 12.2. The molecule has 0 atom stereocenters. The van der Waals surface area contributed by atoms with Crippen LogP contribution in [0.15, 0.2) is 12.3 Å². The van der Waals surface area contributed by atoms with Crippen molar-refractivity contribution in [1.29, 1.82) is 0 Å². The molecule has 22 heavy (non-hydrogen) atoms. The topological polar surface area (TPSA) is 46.4 Å². The Kier molecular flexibility index (Phi) is 4.59. The van der Waals surface area contributed by atoms with Crippen LogP contribution in [0.2, 0.25) is 10.0 Å².